The number of aromatic nitrogens is 3. The number of hydrogen-bond donors (Lipinski definition) is 1. The van der Waals surface area contributed by atoms with Gasteiger partial charge in [0.1, 0.15) is 11.4 Å². The molecule has 0 fully saturated rings. The molecule has 0 spiro atoms. The van der Waals surface area contributed by atoms with E-state index in [0.29, 0.717) is 28.5 Å². The number of nitrogens with one attached hydrogen (secondary N) is 1. The van der Waals surface area contributed by atoms with Gasteiger partial charge in [0.15, 0.2) is 5.82 Å². The molecule has 0 aliphatic heterocycles. The Kier molecular flexibility index (Phi) is 5.09. The summed E-state index contributed by atoms with van der Waals surface area (Å²) in [6, 6.07) is 24.1. The molecule has 0 radical (unpaired) electrons. The smallest absolute Gasteiger partial charge is 0.416 e. The van der Waals surface area contributed by atoms with E-state index in [1.807, 2.05) is 60.7 Å². The van der Waals surface area contributed by atoms with E-state index in [9.17, 15) is 13.2 Å². The molecule has 0 atom stereocenters. The molecule has 3 aromatic carbocycles. The Balaban J connectivity index is 1.68. The maximum Gasteiger partial charge on any atom is 0.416 e. The van der Waals surface area contributed by atoms with Crippen molar-refractivity contribution in [3.63, 3.8) is 0 Å². The lowest BCUT2D eigenvalue weighted by atomic mass is 10.1. The molecule has 0 amide bonds. The Labute approximate surface area is 187 Å². The van der Waals surface area contributed by atoms with Crippen molar-refractivity contribution in [3.05, 3.63) is 90.5 Å². The summed E-state index contributed by atoms with van der Waals surface area (Å²) < 4.78 is 44.2. The summed E-state index contributed by atoms with van der Waals surface area (Å²) in [6.45, 7) is 0. The molecule has 0 aliphatic carbocycles. The molecule has 5 rings (SSSR count). The van der Waals surface area contributed by atoms with E-state index in [2.05, 4.69) is 9.97 Å². The van der Waals surface area contributed by atoms with E-state index in [1.165, 1.54) is 12.1 Å². The van der Waals surface area contributed by atoms with Crippen molar-refractivity contribution in [1.29, 1.82) is 0 Å². The van der Waals surface area contributed by atoms with Gasteiger partial charge in [0.25, 0.3) is 0 Å². The normalized spacial score (nSPS) is 11.6. The van der Waals surface area contributed by atoms with E-state index in [0.717, 1.165) is 34.3 Å². The van der Waals surface area contributed by atoms with Crippen LogP contribution in [0.4, 0.5) is 13.2 Å². The van der Waals surface area contributed by atoms with Gasteiger partial charge in [0.05, 0.1) is 18.4 Å². The van der Waals surface area contributed by atoms with Gasteiger partial charge in [-0.1, -0.05) is 42.5 Å². The molecule has 5 aromatic rings. The van der Waals surface area contributed by atoms with Gasteiger partial charge in [-0.2, -0.15) is 13.2 Å². The molecule has 0 aliphatic rings. The first-order valence-electron chi connectivity index (χ1n) is 10.2. The number of fused-ring (bicyclic) bond motifs is 1. The van der Waals surface area contributed by atoms with Crippen LogP contribution < -0.4 is 4.74 Å². The van der Waals surface area contributed by atoms with Crippen molar-refractivity contribution in [1.82, 2.24) is 15.0 Å². The van der Waals surface area contributed by atoms with Gasteiger partial charge in [0, 0.05) is 22.2 Å². The first kappa shape index (κ1) is 20.8. The second-order valence-electron chi connectivity index (χ2n) is 7.51. The molecule has 0 saturated carbocycles. The molecular weight excluding hydrogens is 427 g/mol. The fraction of sp³-hybridized carbons (Fsp3) is 0.0769. The fourth-order valence-electron chi connectivity index (χ4n) is 3.69. The zero-order chi connectivity index (χ0) is 23.0. The molecule has 2 aromatic heterocycles. The molecule has 2 heterocycles. The van der Waals surface area contributed by atoms with Gasteiger partial charge in [-0.05, 0) is 48.0 Å². The number of rotatable bonds is 4. The maximum atomic E-state index is 13.0. The standard InChI is InChI=1S/C26H18F3N3O/c1-33-20-13-9-17(10-14-20)23-21-15-22(16-5-3-2-4-6-16)30-25(21)32-24(31-23)18-7-11-19(12-8-18)26(27,28)29/h2-15H,1H3,(H,30,31,32). The Morgan fingerprint density at radius 3 is 2.06 bits per heavy atom. The third kappa shape index (κ3) is 4.05. The van der Waals surface area contributed by atoms with Crippen LogP contribution in [-0.4, -0.2) is 22.1 Å². The van der Waals surface area contributed by atoms with Crippen LogP contribution >= 0.6 is 0 Å². The number of ether oxygens (including phenoxy) is 1. The van der Waals surface area contributed by atoms with Crippen molar-refractivity contribution in [3.8, 4) is 39.7 Å². The monoisotopic (exact) mass is 445 g/mol. The average molecular weight is 445 g/mol. The van der Waals surface area contributed by atoms with Crippen LogP contribution in [0.2, 0.25) is 0 Å². The molecule has 1 N–H and O–H groups in total. The number of nitrogens with zero attached hydrogens (tertiary/aromatic N) is 2. The van der Waals surface area contributed by atoms with Crippen LogP contribution in [0, 0.1) is 0 Å². The highest BCUT2D eigenvalue weighted by Crippen LogP contribution is 2.34. The summed E-state index contributed by atoms with van der Waals surface area (Å²) in [5, 5.41) is 0.815. The highest BCUT2D eigenvalue weighted by molar-refractivity contribution is 5.95. The maximum absolute atomic E-state index is 13.0. The summed E-state index contributed by atoms with van der Waals surface area (Å²) in [7, 11) is 1.60. The fourth-order valence-corrected chi connectivity index (χ4v) is 3.69. The predicted octanol–water partition coefficient (Wildman–Crippen LogP) is 6.99. The molecule has 0 bridgehead atoms. The number of alkyl halides is 3. The van der Waals surface area contributed by atoms with E-state index in [1.54, 1.807) is 7.11 Å². The van der Waals surface area contributed by atoms with E-state index in [4.69, 9.17) is 9.72 Å². The van der Waals surface area contributed by atoms with Crippen LogP contribution in [0.1, 0.15) is 5.56 Å². The van der Waals surface area contributed by atoms with Gasteiger partial charge < -0.3 is 9.72 Å². The number of halogens is 3. The Morgan fingerprint density at radius 1 is 0.758 bits per heavy atom. The van der Waals surface area contributed by atoms with Gasteiger partial charge >= 0.3 is 6.18 Å². The third-order valence-corrected chi connectivity index (χ3v) is 5.41. The molecular formula is C26H18F3N3O. The molecule has 4 nitrogen and oxygen atoms in total. The van der Waals surface area contributed by atoms with Gasteiger partial charge in [-0.15, -0.1) is 0 Å². The minimum atomic E-state index is -4.40. The van der Waals surface area contributed by atoms with Crippen LogP contribution in [0.5, 0.6) is 5.75 Å². The summed E-state index contributed by atoms with van der Waals surface area (Å²) in [5.74, 6) is 1.05. The molecule has 7 heteroatoms. The highest BCUT2D eigenvalue weighted by atomic mass is 19.4. The van der Waals surface area contributed by atoms with Crippen molar-refractivity contribution in [2.45, 2.75) is 6.18 Å². The highest BCUT2D eigenvalue weighted by Gasteiger charge is 2.30. The lowest BCUT2D eigenvalue weighted by Gasteiger charge is -2.09. The largest absolute Gasteiger partial charge is 0.497 e. The Hall–Kier alpha value is -4.13. The topological polar surface area (TPSA) is 50.8 Å². The van der Waals surface area contributed by atoms with Gasteiger partial charge in [0.2, 0.25) is 0 Å². The zero-order valence-corrected chi connectivity index (χ0v) is 17.5. The zero-order valence-electron chi connectivity index (χ0n) is 17.5. The van der Waals surface area contributed by atoms with Crippen LogP contribution in [0.3, 0.4) is 0 Å². The van der Waals surface area contributed by atoms with Crippen molar-refractivity contribution in [2.24, 2.45) is 0 Å². The van der Waals surface area contributed by atoms with Crippen LogP contribution in [-0.2, 0) is 6.18 Å². The third-order valence-electron chi connectivity index (χ3n) is 5.41. The summed E-state index contributed by atoms with van der Waals surface area (Å²) >= 11 is 0. The predicted molar refractivity (Wildman–Crippen MR) is 122 cm³/mol. The number of benzene rings is 3. The van der Waals surface area contributed by atoms with E-state index >= 15 is 0 Å². The molecule has 33 heavy (non-hydrogen) atoms. The van der Waals surface area contributed by atoms with Gasteiger partial charge in [-0.25, -0.2) is 9.97 Å². The molecule has 0 unspecified atom stereocenters. The van der Waals surface area contributed by atoms with Crippen molar-refractivity contribution >= 4 is 11.0 Å². The quantitative estimate of drug-likeness (QED) is 0.324. The average Bonchev–Trinajstić information content (AvgIpc) is 3.28. The van der Waals surface area contributed by atoms with Crippen LogP contribution in [0.15, 0.2) is 84.9 Å². The first-order valence-corrected chi connectivity index (χ1v) is 10.2. The molecule has 0 saturated heterocycles. The SMILES string of the molecule is COc1ccc(-c2nc(-c3ccc(C(F)(F)F)cc3)nc3[nH]c(-c4ccccc4)cc23)cc1. The number of hydrogen-bond acceptors (Lipinski definition) is 3. The van der Waals surface area contributed by atoms with E-state index in [-0.39, 0.29) is 0 Å². The Morgan fingerprint density at radius 2 is 1.42 bits per heavy atom. The second-order valence-corrected chi connectivity index (χ2v) is 7.51. The summed E-state index contributed by atoms with van der Waals surface area (Å²) in [4.78, 5) is 12.7. The van der Waals surface area contributed by atoms with Crippen LogP contribution in [0.25, 0.3) is 44.9 Å². The van der Waals surface area contributed by atoms with Crippen molar-refractivity contribution < 1.29 is 17.9 Å². The van der Waals surface area contributed by atoms with Gasteiger partial charge in [-0.3, -0.25) is 0 Å². The summed E-state index contributed by atoms with van der Waals surface area (Å²) in [6.07, 6.45) is -4.40. The lowest BCUT2D eigenvalue weighted by Crippen LogP contribution is -2.04. The number of H-pyrrole nitrogens is 1. The second kappa shape index (κ2) is 8.09. The van der Waals surface area contributed by atoms with E-state index < -0.39 is 11.7 Å². The minimum Gasteiger partial charge on any atom is -0.497 e. The Bertz CT molecular complexity index is 1410. The lowest BCUT2D eigenvalue weighted by molar-refractivity contribution is -0.137. The first-order chi connectivity index (χ1) is 15.9. The summed E-state index contributed by atoms with van der Waals surface area (Å²) in [5.41, 5.74) is 3.77. The number of methoxy groups -OCH3 is 1. The number of aromatic amines is 1. The van der Waals surface area contributed by atoms with Crippen molar-refractivity contribution in [2.75, 3.05) is 7.11 Å². The molecule has 164 valence electrons. The minimum absolute atomic E-state index is 0.337.